The zero-order valence-corrected chi connectivity index (χ0v) is 11.0. The molecule has 3 heteroatoms. The van der Waals surface area contributed by atoms with Crippen molar-refractivity contribution in [3.63, 3.8) is 0 Å². The number of aryl methyl sites for hydroxylation is 1. The van der Waals surface area contributed by atoms with Crippen LogP contribution in [-0.4, -0.2) is 30.7 Å². The Morgan fingerprint density at radius 2 is 2.17 bits per heavy atom. The minimum atomic E-state index is 0.533. The summed E-state index contributed by atoms with van der Waals surface area (Å²) in [6.45, 7) is 7.48. The van der Waals surface area contributed by atoms with Crippen LogP contribution in [0.1, 0.15) is 12.6 Å². The lowest BCUT2D eigenvalue weighted by Crippen LogP contribution is -2.50. The second kappa shape index (κ2) is 4.58. The third-order valence-corrected chi connectivity index (χ3v) is 3.66. The second-order valence-corrected chi connectivity index (χ2v) is 5.04. The number of piperazine rings is 1. The van der Waals surface area contributed by atoms with E-state index in [1.165, 1.54) is 11.1 Å². The van der Waals surface area contributed by atoms with Gasteiger partial charge in [0.1, 0.15) is 0 Å². The molecule has 3 nitrogen and oxygen atoms in total. The largest absolute Gasteiger partial charge is 0.366 e. The molecule has 0 spiro atoms. The highest BCUT2D eigenvalue weighted by Crippen LogP contribution is 2.27. The van der Waals surface area contributed by atoms with Gasteiger partial charge >= 0.3 is 0 Å². The molecule has 1 aliphatic heterocycles. The molecular formula is C15H19N3. The molecule has 1 unspecified atom stereocenters. The topological polar surface area (TPSA) is 28.2 Å². The lowest BCUT2D eigenvalue weighted by Gasteiger charge is -2.36. The van der Waals surface area contributed by atoms with Crippen LogP contribution in [0.15, 0.2) is 30.3 Å². The van der Waals surface area contributed by atoms with Crippen molar-refractivity contribution < 1.29 is 0 Å². The maximum atomic E-state index is 4.61. The van der Waals surface area contributed by atoms with Crippen molar-refractivity contribution in [3.05, 3.63) is 36.0 Å². The predicted octanol–water partition coefficient (Wildman–Crippen LogP) is 2.34. The Bertz CT molecular complexity index is 565. The van der Waals surface area contributed by atoms with Crippen LogP contribution in [0.2, 0.25) is 0 Å². The first kappa shape index (κ1) is 11.5. The van der Waals surface area contributed by atoms with Crippen LogP contribution in [0.3, 0.4) is 0 Å². The average molecular weight is 241 g/mol. The van der Waals surface area contributed by atoms with E-state index in [0.29, 0.717) is 6.04 Å². The zero-order valence-electron chi connectivity index (χ0n) is 11.0. The first-order chi connectivity index (χ1) is 8.75. The van der Waals surface area contributed by atoms with Crippen LogP contribution in [0.5, 0.6) is 0 Å². The van der Waals surface area contributed by atoms with Gasteiger partial charge in [-0.25, -0.2) is 0 Å². The van der Waals surface area contributed by atoms with Crippen LogP contribution in [0, 0.1) is 6.92 Å². The molecule has 1 aromatic carbocycles. The SMILES string of the molecule is Cc1ccc2c(N3CCNCC3C)cccc2n1. The Hall–Kier alpha value is -1.61. The maximum Gasteiger partial charge on any atom is 0.0726 e. The second-order valence-electron chi connectivity index (χ2n) is 5.04. The predicted molar refractivity (Wildman–Crippen MR) is 76.2 cm³/mol. The number of nitrogens with one attached hydrogen (secondary N) is 1. The lowest BCUT2D eigenvalue weighted by atomic mass is 10.1. The van der Waals surface area contributed by atoms with E-state index in [0.717, 1.165) is 30.8 Å². The van der Waals surface area contributed by atoms with Crippen molar-refractivity contribution in [2.45, 2.75) is 19.9 Å². The Labute approximate surface area is 108 Å². The van der Waals surface area contributed by atoms with Crippen LogP contribution < -0.4 is 10.2 Å². The highest BCUT2D eigenvalue weighted by atomic mass is 15.2. The number of aromatic nitrogens is 1. The molecule has 1 aliphatic rings. The molecule has 1 saturated heterocycles. The van der Waals surface area contributed by atoms with Crippen molar-refractivity contribution in [3.8, 4) is 0 Å². The number of anilines is 1. The van der Waals surface area contributed by atoms with Gasteiger partial charge in [-0.3, -0.25) is 4.98 Å². The smallest absolute Gasteiger partial charge is 0.0726 e. The summed E-state index contributed by atoms with van der Waals surface area (Å²) >= 11 is 0. The summed E-state index contributed by atoms with van der Waals surface area (Å²) in [5.41, 5.74) is 3.49. The van der Waals surface area contributed by atoms with Crippen molar-refractivity contribution in [1.29, 1.82) is 0 Å². The fourth-order valence-electron chi connectivity index (χ4n) is 2.69. The van der Waals surface area contributed by atoms with E-state index < -0.39 is 0 Å². The quantitative estimate of drug-likeness (QED) is 0.830. The van der Waals surface area contributed by atoms with Gasteiger partial charge < -0.3 is 10.2 Å². The Morgan fingerprint density at radius 3 is 3.00 bits per heavy atom. The van der Waals surface area contributed by atoms with E-state index in [9.17, 15) is 0 Å². The molecule has 18 heavy (non-hydrogen) atoms. The molecule has 2 heterocycles. The summed E-state index contributed by atoms with van der Waals surface area (Å²) < 4.78 is 0. The maximum absolute atomic E-state index is 4.61. The van der Waals surface area contributed by atoms with E-state index in [-0.39, 0.29) is 0 Å². The Morgan fingerprint density at radius 1 is 1.28 bits per heavy atom. The number of nitrogens with zero attached hydrogens (tertiary/aromatic N) is 2. The number of hydrogen-bond acceptors (Lipinski definition) is 3. The fraction of sp³-hybridized carbons (Fsp3) is 0.400. The number of rotatable bonds is 1. The first-order valence-corrected chi connectivity index (χ1v) is 6.59. The fourth-order valence-corrected chi connectivity index (χ4v) is 2.69. The number of fused-ring (bicyclic) bond motifs is 1. The van der Waals surface area contributed by atoms with Crippen LogP contribution >= 0.6 is 0 Å². The Balaban J connectivity index is 2.10. The van der Waals surface area contributed by atoms with E-state index in [2.05, 4.69) is 52.5 Å². The van der Waals surface area contributed by atoms with Gasteiger partial charge in [-0.05, 0) is 38.1 Å². The van der Waals surface area contributed by atoms with Gasteiger partial charge in [-0.2, -0.15) is 0 Å². The monoisotopic (exact) mass is 241 g/mol. The molecule has 0 aliphatic carbocycles. The standard InChI is InChI=1S/C15H19N3/c1-11-6-7-13-14(17-11)4-3-5-15(13)18-9-8-16-10-12(18)2/h3-7,12,16H,8-10H2,1-2H3. The Kier molecular flexibility index (Phi) is 2.92. The summed E-state index contributed by atoms with van der Waals surface area (Å²) in [5.74, 6) is 0. The number of pyridine rings is 1. The van der Waals surface area contributed by atoms with Crippen molar-refractivity contribution >= 4 is 16.6 Å². The summed E-state index contributed by atoms with van der Waals surface area (Å²) in [6, 6.07) is 11.2. The lowest BCUT2D eigenvalue weighted by molar-refractivity contribution is 0.502. The van der Waals surface area contributed by atoms with Gasteiger partial charge in [0.05, 0.1) is 5.52 Å². The van der Waals surface area contributed by atoms with Gasteiger partial charge in [-0.15, -0.1) is 0 Å². The van der Waals surface area contributed by atoms with Crippen molar-refractivity contribution in [2.24, 2.45) is 0 Å². The third-order valence-electron chi connectivity index (χ3n) is 3.66. The molecule has 1 atom stereocenters. The van der Waals surface area contributed by atoms with Gasteiger partial charge in [0.25, 0.3) is 0 Å². The van der Waals surface area contributed by atoms with Gasteiger partial charge in [0, 0.05) is 42.4 Å². The molecule has 0 amide bonds. The van der Waals surface area contributed by atoms with Gasteiger partial charge in [0.15, 0.2) is 0 Å². The van der Waals surface area contributed by atoms with Crippen LogP contribution in [-0.2, 0) is 0 Å². The molecule has 0 bridgehead atoms. The number of benzene rings is 1. The summed E-state index contributed by atoms with van der Waals surface area (Å²) in [4.78, 5) is 7.10. The zero-order chi connectivity index (χ0) is 12.5. The average Bonchev–Trinajstić information content (AvgIpc) is 2.38. The molecular weight excluding hydrogens is 222 g/mol. The van der Waals surface area contributed by atoms with Gasteiger partial charge in [-0.1, -0.05) is 6.07 Å². The summed E-state index contributed by atoms with van der Waals surface area (Å²) in [6.07, 6.45) is 0. The van der Waals surface area contributed by atoms with E-state index in [1.54, 1.807) is 0 Å². The normalized spacial score (nSPS) is 20.3. The van der Waals surface area contributed by atoms with Crippen LogP contribution in [0.25, 0.3) is 10.9 Å². The molecule has 1 N–H and O–H groups in total. The molecule has 1 aromatic heterocycles. The first-order valence-electron chi connectivity index (χ1n) is 6.59. The van der Waals surface area contributed by atoms with Crippen LogP contribution in [0.4, 0.5) is 5.69 Å². The molecule has 2 aromatic rings. The molecule has 0 saturated carbocycles. The van der Waals surface area contributed by atoms with Crippen molar-refractivity contribution in [2.75, 3.05) is 24.5 Å². The minimum Gasteiger partial charge on any atom is -0.366 e. The van der Waals surface area contributed by atoms with Gasteiger partial charge in [0.2, 0.25) is 0 Å². The van der Waals surface area contributed by atoms with E-state index >= 15 is 0 Å². The molecule has 0 radical (unpaired) electrons. The third kappa shape index (κ3) is 1.95. The molecule has 1 fully saturated rings. The highest BCUT2D eigenvalue weighted by molar-refractivity contribution is 5.92. The van der Waals surface area contributed by atoms with Crippen molar-refractivity contribution in [1.82, 2.24) is 10.3 Å². The minimum absolute atomic E-state index is 0.533. The van der Waals surface area contributed by atoms with E-state index in [1.807, 2.05) is 6.92 Å². The molecule has 3 rings (SSSR count). The number of hydrogen-bond donors (Lipinski definition) is 1. The highest BCUT2D eigenvalue weighted by Gasteiger charge is 2.19. The summed E-state index contributed by atoms with van der Waals surface area (Å²) in [5, 5.41) is 4.70. The summed E-state index contributed by atoms with van der Waals surface area (Å²) in [7, 11) is 0. The van der Waals surface area contributed by atoms with E-state index in [4.69, 9.17) is 0 Å². The molecule has 94 valence electrons.